The molecule has 0 aliphatic rings. The van der Waals surface area contributed by atoms with Gasteiger partial charge >= 0.3 is 5.97 Å². The van der Waals surface area contributed by atoms with Crippen LogP contribution in [-0.4, -0.2) is 17.5 Å². The number of rotatable bonds is 4. The smallest absolute Gasteiger partial charge is 0.338 e. The molecule has 0 unspecified atom stereocenters. The molecule has 1 rings (SSSR count). The van der Waals surface area contributed by atoms with Crippen molar-refractivity contribution in [2.24, 2.45) is 0 Å². The van der Waals surface area contributed by atoms with Crippen LogP contribution in [0.1, 0.15) is 29.3 Å². The molecule has 0 N–H and O–H groups in total. The topological polar surface area (TPSA) is 69.4 Å². The predicted octanol–water partition coefficient (Wildman–Crippen LogP) is 3.12. The first-order valence-corrected chi connectivity index (χ1v) is 5.46. The van der Waals surface area contributed by atoms with E-state index >= 15 is 0 Å². The number of carbonyl (C=O) groups is 1. The summed E-state index contributed by atoms with van der Waals surface area (Å²) in [6.07, 6.45) is 0.695. The average molecular weight is 258 g/mol. The average Bonchev–Trinajstić information content (AvgIpc) is 2.28. The normalized spacial score (nSPS) is 10.1. The van der Waals surface area contributed by atoms with Gasteiger partial charge in [0.15, 0.2) is 0 Å². The summed E-state index contributed by atoms with van der Waals surface area (Å²) < 4.78 is 4.90. The minimum Gasteiger partial charge on any atom is -0.462 e. The Morgan fingerprint density at radius 3 is 2.71 bits per heavy atom. The minimum absolute atomic E-state index is 0.0436. The zero-order valence-corrected chi connectivity index (χ0v) is 10.3. The van der Waals surface area contributed by atoms with Gasteiger partial charge in [0.2, 0.25) is 0 Å². The number of ether oxygens (including phenoxy) is 1. The van der Waals surface area contributed by atoms with Crippen LogP contribution >= 0.6 is 11.6 Å². The highest BCUT2D eigenvalue weighted by Crippen LogP contribution is 2.29. The van der Waals surface area contributed by atoms with E-state index in [1.807, 2.05) is 6.92 Å². The largest absolute Gasteiger partial charge is 0.462 e. The first kappa shape index (κ1) is 13.4. The molecule has 5 nitrogen and oxygen atoms in total. The first-order chi connectivity index (χ1) is 7.97. The second kappa shape index (κ2) is 5.63. The molecule has 0 aromatic heterocycles. The number of halogens is 1. The van der Waals surface area contributed by atoms with E-state index in [4.69, 9.17) is 16.3 Å². The summed E-state index contributed by atoms with van der Waals surface area (Å²) >= 11 is 5.78. The maximum Gasteiger partial charge on any atom is 0.338 e. The third-order valence-corrected chi connectivity index (χ3v) is 2.60. The fourth-order valence-electron chi connectivity index (χ4n) is 1.28. The van der Waals surface area contributed by atoms with Crippen molar-refractivity contribution >= 4 is 23.3 Å². The number of nitrogens with zero attached hydrogens (tertiary/aromatic N) is 1. The van der Waals surface area contributed by atoms with Crippen LogP contribution in [0.3, 0.4) is 0 Å². The third-order valence-electron chi connectivity index (χ3n) is 2.11. The lowest BCUT2D eigenvalue weighted by molar-refractivity contribution is -0.384. The SMILES string of the molecule is CCCOC(=O)c1cc(C)c(Cl)c([N+](=O)[O-])c1. The molecular weight excluding hydrogens is 246 g/mol. The highest BCUT2D eigenvalue weighted by molar-refractivity contribution is 6.33. The van der Waals surface area contributed by atoms with Gasteiger partial charge in [0.05, 0.1) is 17.1 Å². The lowest BCUT2D eigenvalue weighted by Gasteiger charge is -2.05. The molecule has 0 amide bonds. The fraction of sp³-hybridized carbons (Fsp3) is 0.364. The molecule has 1 aromatic carbocycles. The minimum atomic E-state index is -0.619. The second-order valence-corrected chi connectivity index (χ2v) is 3.90. The fourth-order valence-corrected chi connectivity index (χ4v) is 1.46. The van der Waals surface area contributed by atoms with Crippen LogP contribution in [-0.2, 0) is 4.74 Å². The van der Waals surface area contributed by atoms with Gasteiger partial charge in [-0.2, -0.15) is 0 Å². The Bertz CT molecular complexity index is 459. The Hall–Kier alpha value is -1.62. The summed E-state index contributed by atoms with van der Waals surface area (Å²) in [4.78, 5) is 21.7. The Kier molecular flexibility index (Phi) is 4.45. The van der Waals surface area contributed by atoms with E-state index in [1.165, 1.54) is 6.07 Å². The molecule has 0 radical (unpaired) electrons. The highest BCUT2D eigenvalue weighted by atomic mass is 35.5. The van der Waals surface area contributed by atoms with Crippen molar-refractivity contribution in [1.82, 2.24) is 0 Å². The van der Waals surface area contributed by atoms with Gasteiger partial charge in [0, 0.05) is 6.07 Å². The summed E-state index contributed by atoms with van der Waals surface area (Å²) in [6.45, 7) is 3.75. The molecule has 0 fully saturated rings. The highest BCUT2D eigenvalue weighted by Gasteiger charge is 2.19. The quantitative estimate of drug-likeness (QED) is 0.472. The standard InChI is InChI=1S/C11H12ClNO4/c1-3-4-17-11(14)8-5-7(2)10(12)9(6-8)13(15)16/h5-6H,3-4H2,1-2H3. The van der Waals surface area contributed by atoms with E-state index in [0.29, 0.717) is 12.0 Å². The van der Waals surface area contributed by atoms with Gasteiger partial charge in [0.25, 0.3) is 5.69 Å². The molecule has 0 aliphatic heterocycles. The number of hydrogen-bond donors (Lipinski definition) is 0. The number of aryl methyl sites for hydroxylation is 1. The van der Waals surface area contributed by atoms with Crippen LogP contribution in [0.15, 0.2) is 12.1 Å². The van der Waals surface area contributed by atoms with Crippen molar-refractivity contribution in [3.05, 3.63) is 38.4 Å². The van der Waals surface area contributed by atoms with Crippen LogP contribution in [0, 0.1) is 17.0 Å². The first-order valence-electron chi connectivity index (χ1n) is 5.09. The summed E-state index contributed by atoms with van der Waals surface area (Å²) in [5.41, 5.74) is 0.339. The number of hydrogen-bond acceptors (Lipinski definition) is 4. The van der Waals surface area contributed by atoms with Crippen molar-refractivity contribution in [2.45, 2.75) is 20.3 Å². The van der Waals surface area contributed by atoms with Crippen molar-refractivity contribution in [3.63, 3.8) is 0 Å². The maximum atomic E-state index is 11.6. The van der Waals surface area contributed by atoms with Gasteiger partial charge in [-0.05, 0) is 25.0 Å². The molecule has 0 spiro atoms. The lowest BCUT2D eigenvalue weighted by atomic mass is 10.1. The van der Waals surface area contributed by atoms with Crippen molar-refractivity contribution in [2.75, 3.05) is 6.61 Å². The lowest BCUT2D eigenvalue weighted by Crippen LogP contribution is -2.07. The molecule has 6 heteroatoms. The zero-order chi connectivity index (χ0) is 13.0. The Morgan fingerprint density at radius 2 is 2.18 bits per heavy atom. The molecule has 92 valence electrons. The summed E-state index contributed by atoms with van der Waals surface area (Å²) in [7, 11) is 0. The molecule has 0 bridgehead atoms. The molecular formula is C11H12ClNO4. The van der Waals surface area contributed by atoms with Gasteiger partial charge in [-0.15, -0.1) is 0 Å². The predicted molar refractivity (Wildman–Crippen MR) is 63.4 cm³/mol. The van der Waals surface area contributed by atoms with E-state index in [2.05, 4.69) is 0 Å². The molecule has 0 aliphatic carbocycles. The Labute approximate surface area is 103 Å². The van der Waals surface area contributed by atoms with Gasteiger partial charge in [0.1, 0.15) is 5.02 Å². The van der Waals surface area contributed by atoms with Crippen LogP contribution in [0.25, 0.3) is 0 Å². The van der Waals surface area contributed by atoms with Crippen molar-refractivity contribution in [1.29, 1.82) is 0 Å². The molecule has 17 heavy (non-hydrogen) atoms. The van der Waals surface area contributed by atoms with E-state index in [0.717, 1.165) is 6.07 Å². The number of benzene rings is 1. The van der Waals surface area contributed by atoms with E-state index < -0.39 is 10.9 Å². The number of nitro groups is 1. The Morgan fingerprint density at radius 1 is 1.53 bits per heavy atom. The van der Waals surface area contributed by atoms with Crippen LogP contribution in [0.2, 0.25) is 5.02 Å². The van der Waals surface area contributed by atoms with Gasteiger partial charge in [-0.25, -0.2) is 4.79 Å². The number of nitro benzene ring substituents is 1. The van der Waals surface area contributed by atoms with E-state index in [-0.39, 0.29) is 22.9 Å². The molecule has 1 aromatic rings. The van der Waals surface area contributed by atoms with Crippen molar-refractivity contribution in [3.8, 4) is 0 Å². The Balaban J connectivity index is 3.10. The van der Waals surface area contributed by atoms with Crippen LogP contribution in [0.4, 0.5) is 5.69 Å². The third kappa shape index (κ3) is 3.17. The molecule has 0 atom stereocenters. The number of carbonyl (C=O) groups excluding carboxylic acids is 1. The van der Waals surface area contributed by atoms with E-state index in [9.17, 15) is 14.9 Å². The second-order valence-electron chi connectivity index (χ2n) is 3.52. The molecule has 0 saturated carbocycles. The van der Waals surface area contributed by atoms with Gasteiger partial charge in [-0.1, -0.05) is 18.5 Å². The van der Waals surface area contributed by atoms with Crippen LogP contribution < -0.4 is 0 Å². The number of esters is 1. The molecule has 0 saturated heterocycles. The van der Waals surface area contributed by atoms with Gasteiger partial charge in [-0.3, -0.25) is 10.1 Å². The summed E-state index contributed by atoms with van der Waals surface area (Å²) in [5, 5.41) is 10.8. The summed E-state index contributed by atoms with van der Waals surface area (Å²) in [5.74, 6) is -0.574. The monoisotopic (exact) mass is 257 g/mol. The maximum absolute atomic E-state index is 11.6. The van der Waals surface area contributed by atoms with Gasteiger partial charge < -0.3 is 4.74 Å². The van der Waals surface area contributed by atoms with E-state index in [1.54, 1.807) is 6.92 Å². The van der Waals surface area contributed by atoms with Crippen LogP contribution in [0.5, 0.6) is 0 Å². The zero-order valence-electron chi connectivity index (χ0n) is 9.53. The molecule has 0 heterocycles. The summed E-state index contributed by atoms with van der Waals surface area (Å²) in [6, 6.07) is 2.61. The van der Waals surface area contributed by atoms with Crippen molar-refractivity contribution < 1.29 is 14.5 Å².